The minimum atomic E-state index is -0.880. The van der Waals surface area contributed by atoms with Crippen molar-refractivity contribution in [3.8, 4) is 0 Å². The van der Waals surface area contributed by atoms with Gasteiger partial charge < -0.3 is 14.8 Å². The van der Waals surface area contributed by atoms with E-state index < -0.39 is 12.0 Å². The highest BCUT2D eigenvalue weighted by atomic mass is 16.4. The monoisotopic (exact) mass is 231 g/mol. The van der Waals surface area contributed by atoms with Gasteiger partial charge in [-0.3, -0.25) is 0 Å². The second-order valence-corrected chi connectivity index (χ2v) is 3.74. The van der Waals surface area contributed by atoms with E-state index >= 15 is 0 Å². The van der Waals surface area contributed by atoms with Crippen LogP contribution in [-0.2, 0) is 11.2 Å². The minimum Gasteiger partial charge on any atom is -0.480 e. The second kappa shape index (κ2) is 5.21. The van der Waals surface area contributed by atoms with Crippen LogP contribution in [0.1, 0.15) is 5.56 Å². The molecule has 0 unspecified atom stereocenters. The topological polar surface area (TPSA) is 62.5 Å². The van der Waals surface area contributed by atoms with Crippen LogP contribution >= 0.6 is 0 Å². The Labute approximate surface area is 98.9 Å². The summed E-state index contributed by atoms with van der Waals surface area (Å²) in [5.74, 6) is -0.880. The number of furan rings is 1. The fourth-order valence-corrected chi connectivity index (χ4v) is 1.60. The molecular formula is C13H13NO3. The molecule has 0 bridgehead atoms. The fourth-order valence-electron chi connectivity index (χ4n) is 1.60. The molecule has 88 valence electrons. The summed E-state index contributed by atoms with van der Waals surface area (Å²) in [6, 6.07) is 10.6. The van der Waals surface area contributed by atoms with Gasteiger partial charge in [-0.05, 0) is 11.6 Å². The minimum absolute atomic E-state index is 0.432. The molecule has 0 aliphatic heterocycles. The zero-order valence-electron chi connectivity index (χ0n) is 9.17. The van der Waals surface area contributed by atoms with E-state index in [1.54, 1.807) is 6.07 Å². The van der Waals surface area contributed by atoms with Crippen LogP contribution in [0, 0.1) is 0 Å². The molecule has 2 rings (SSSR count). The lowest BCUT2D eigenvalue weighted by Crippen LogP contribution is -2.31. The summed E-state index contributed by atoms with van der Waals surface area (Å²) in [6.45, 7) is 0. The van der Waals surface area contributed by atoms with Gasteiger partial charge in [0.2, 0.25) is 0 Å². The smallest absolute Gasteiger partial charge is 0.326 e. The van der Waals surface area contributed by atoms with Crippen molar-refractivity contribution >= 4 is 11.7 Å². The van der Waals surface area contributed by atoms with Crippen molar-refractivity contribution in [1.29, 1.82) is 0 Å². The van der Waals surface area contributed by atoms with E-state index in [4.69, 9.17) is 9.52 Å². The number of hydrogen-bond donors (Lipinski definition) is 2. The molecule has 0 saturated heterocycles. The Bertz CT molecular complexity index is 465. The summed E-state index contributed by atoms with van der Waals surface area (Å²) in [7, 11) is 0. The molecule has 2 aromatic rings. The maximum Gasteiger partial charge on any atom is 0.326 e. The van der Waals surface area contributed by atoms with E-state index in [-0.39, 0.29) is 0 Å². The highest BCUT2D eigenvalue weighted by Crippen LogP contribution is 2.12. The van der Waals surface area contributed by atoms with Gasteiger partial charge in [0.05, 0.1) is 12.0 Å². The van der Waals surface area contributed by atoms with Crippen molar-refractivity contribution in [2.24, 2.45) is 0 Å². The van der Waals surface area contributed by atoms with Crippen molar-refractivity contribution in [3.63, 3.8) is 0 Å². The van der Waals surface area contributed by atoms with E-state index in [1.165, 1.54) is 12.5 Å². The fraction of sp³-hybridized carbons (Fsp3) is 0.154. The molecule has 0 spiro atoms. The van der Waals surface area contributed by atoms with Crippen molar-refractivity contribution < 1.29 is 14.3 Å². The molecule has 2 N–H and O–H groups in total. The summed E-state index contributed by atoms with van der Waals surface area (Å²) in [5, 5.41) is 12.1. The predicted octanol–water partition coefficient (Wildman–Crippen LogP) is 2.39. The van der Waals surface area contributed by atoms with Crippen molar-refractivity contribution in [3.05, 3.63) is 54.5 Å². The Balaban J connectivity index is 2.06. The van der Waals surface area contributed by atoms with E-state index in [0.717, 1.165) is 5.56 Å². The molecule has 1 aromatic heterocycles. The van der Waals surface area contributed by atoms with E-state index in [2.05, 4.69) is 5.32 Å². The standard InChI is InChI=1S/C13H13NO3/c15-13(16)12(14-11-6-7-17-9-11)8-10-4-2-1-3-5-10/h1-7,9,12,14H,8H2,(H,15,16)/t12-/m0/s1. The number of rotatable bonds is 5. The molecule has 0 aliphatic carbocycles. The molecule has 4 nitrogen and oxygen atoms in total. The van der Waals surface area contributed by atoms with Crippen molar-refractivity contribution in [2.75, 3.05) is 5.32 Å². The summed E-state index contributed by atoms with van der Waals surface area (Å²) < 4.78 is 4.89. The van der Waals surface area contributed by atoms with Crippen molar-refractivity contribution in [2.45, 2.75) is 12.5 Å². The van der Waals surface area contributed by atoms with Gasteiger partial charge in [0.15, 0.2) is 0 Å². The molecule has 0 aliphatic rings. The van der Waals surface area contributed by atoms with Gasteiger partial charge in [-0.15, -0.1) is 0 Å². The highest BCUT2D eigenvalue weighted by Gasteiger charge is 2.17. The molecule has 0 fully saturated rings. The Morgan fingerprint density at radius 3 is 2.65 bits per heavy atom. The van der Waals surface area contributed by atoms with Crippen LogP contribution in [-0.4, -0.2) is 17.1 Å². The van der Waals surface area contributed by atoms with Crippen LogP contribution in [0.25, 0.3) is 0 Å². The first-order valence-electron chi connectivity index (χ1n) is 5.31. The SMILES string of the molecule is O=C(O)[C@H](Cc1ccccc1)Nc1ccoc1. The Kier molecular flexibility index (Phi) is 3.45. The molecule has 17 heavy (non-hydrogen) atoms. The molecular weight excluding hydrogens is 218 g/mol. The number of benzene rings is 1. The van der Waals surface area contributed by atoms with Gasteiger partial charge in [-0.1, -0.05) is 30.3 Å². The molecule has 1 heterocycles. The van der Waals surface area contributed by atoms with Crippen LogP contribution in [0.15, 0.2) is 53.3 Å². The molecule has 1 atom stereocenters. The zero-order valence-corrected chi connectivity index (χ0v) is 9.17. The number of carboxylic acids is 1. The molecule has 0 radical (unpaired) electrons. The van der Waals surface area contributed by atoms with Crippen LogP contribution in [0.2, 0.25) is 0 Å². The largest absolute Gasteiger partial charge is 0.480 e. The summed E-state index contributed by atoms with van der Waals surface area (Å²) >= 11 is 0. The quantitative estimate of drug-likeness (QED) is 0.829. The maximum atomic E-state index is 11.1. The third kappa shape index (κ3) is 3.11. The number of anilines is 1. The number of hydrogen-bond acceptors (Lipinski definition) is 3. The summed E-state index contributed by atoms with van der Waals surface area (Å²) in [6.07, 6.45) is 3.42. The van der Waals surface area contributed by atoms with Gasteiger partial charge in [-0.25, -0.2) is 4.79 Å². The molecule has 0 saturated carbocycles. The van der Waals surface area contributed by atoms with Gasteiger partial charge in [0.1, 0.15) is 12.3 Å². The maximum absolute atomic E-state index is 11.1. The lowest BCUT2D eigenvalue weighted by molar-refractivity contribution is -0.137. The van der Waals surface area contributed by atoms with E-state index in [1.807, 2.05) is 30.3 Å². The molecule has 4 heteroatoms. The van der Waals surface area contributed by atoms with Gasteiger partial charge in [-0.2, -0.15) is 0 Å². The van der Waals surface area contributed by atoms with Crippen molar-refractivity contribution in [1.82, 2.24) is 0 Å². The van der Waals surface area contributed by atoms with Crippen LogP contribution in [0.3, 0.4) is 0 Å². The lowest BCUT2D eigenvalue weighted by atomic mass is 10.1. The third-order valence-electron chi connectivity index (χ3n) is 2.44. The first-order chi connectivity index (χ1) is 8.25. The van der Waals surface area contributed by atoms with Gasteiger partial charge >= 0.3 is 5.97 Å². The van der Waals surface area contributed by atoms with Gasteiger partial charge in [0, 0.05) is 6.42 Å². The zero-order chi connectivity index (χ0) is 12.1. The molecule has 0 amide bonds. The van der Waals surface area contributed by atoms with Gasteiger partial charge in [0.25, 0.3) is 0 Å². The third-order valence-corrected chi connectivity index (χ3v) is 2.44. The van der Waals surface area contributed by atoms with E-state index in [0.29, 0.717) is 12.1 Å². The van der Waals surface area contributed by atoms with Crippen LogP contribution < -0.4 is 5.32 Å². The summed E-state index contributed by atoms with van der Waals surface area (Å²) in [5.41, 5.74) is 1.66. The average molecular weight is 231 g/mol. The normalized spacial score (nSPS) is 12.0. The lowest BCUT2D eigenvalue weighted by Gasteiger charge is -2.14. The Morgan fingerprint density at radius 2 is 2.06 bits per heavy atom. The number of carboxylic acid groups (broad SMARTS) is 1. The Hall–Kier alpha value is -2.23. The number of aliphatic carboxylic acids is 1. The average Bonchev–Trinajstić information content (AvgIpc) is 2.82. The van der Waals surface area contributed by atoms with E-state index in [9.17, 15) is 4.79 Å². The highest BCUT2D eigenvalue weighted by molar-refractivity contribution is 5.77. The second-order valence-electron chi connectivity index (χ2n) is 3.74. The Morgan fingerprint density at radius 1 is 1.29 bits per heavy atom. The number of carbonyl (C=O) groups is 1. The van der Waals surface area contributed by atoms with Crippen LogP contribution in [0.4, 0.5) is 5.69 Å². The molecule has 1 aromatic carbocycles. The first kappa shape index (κ1) is 11.3. The predicted molar refractivity (Wildman–Crippen MR) is 63.9 cm³/mol. The first-order valence-corrected chi connectivity index (χ1v) is 5.31. The summed E-state index contributed by atoms with van der Waals surface area (Å²) in [4.78, 5) is 11.1. The number of nitrogens with one attached hydrogen (secondary N) is 1. The van der Waals surface area contributed by atoms with Crippen LogP contribution in [0.5, 0.6) is 0 Å².